The van der Waals surface area contributed by atoms with E-state index in [1.807, 2.05) is 18.5 Å². The van der Waals surface area contributed by atoms with Gasteiger partial charge in [0, 0.05) is 31.6 Å². The predicted molar refractivity (Wildman–Crippen MR) is 62.6 cm³/mol. The van der Waals surface area contributed by atoms with Crippen LogP contribution in [-0.2, 0) is 4.74 Å². The largest absolute Gasteiger partial charge is 0.381 e. The molecule has 88 valence electrons. The van der Waals surface area contributed by atoms with Gasteiger partial charge in [-0.05, 0) is 42.9 Å². The van der Waals surface area contributed by atoms with Gasteiger partial charge in [0.1, 0.15) is 0 Å². The van der Waals surface area contributed by atoms with Gasteiger partial charge in [-0.1, -0.05) is 0 Å². The molecule has 0 aromatic carbocycles. The molecule has 1 aliphatic rings. The molecule has 2 heterocycles. The van der Waals surface area contributed by atoms with E-state index in [1.54, 1.807) is 0 Å². The van der Waals surface area contributed by atoms with Crippen LogP contribution in [0.15, 0.2) is 18.5 Å². The molecule has 1 aromatic rings. The minimum Gasteiger partial charge on any atom is -0.381 e. The quantitative estimate of drug-likeness (QED) is 0.594. The van der Waals surface area contributed by atoms with Crippen molar-refractivity contribution in [1.82, 2.24) is 10.4 Å². The summed E-state index contributed by atoms with van der Waals surface area (Å²) in [6, 6.07) is 2.20. The van der Waals surface area contributed by atoms with Crippen molar-refractivity contribution in [2.24, 2.45) is 11.8 Å². The zero-order chi connectivity index (χ0) is 11.4. The summed E-state index contributed by atoms with van der Waals surface area (Å²) in [5.74, 6) is 6.24. The topological polar surface area (TPSA) is 60.2 Å². The van der Waals surface area contributed by atoms with Gasteiger partial charge in [0.15, 0.2) is 0 Å². The summed E-state index contributed by atoms with van der Waals surface area (Å²) in [6.45, 7) is 3.83. The van der Waals surface area contributed by atoms with E-state index in [0.717, 1.165) is 26.1 Å². The second-order valence-corrected chi connectivity index (χ2v) is 4.42. The van der Waals surface area contributed by atoms with Crippen LogP contribution in [-0.4, -0.2) is 18.2 Å². The third kappa shape index (κ3) is 2.58. The Morgan fingerprint density at radius 2 is 2.56 bits per heavy atom. The molecule has 0 radical (unpaired) electrons. The number of ether oxygens (including phenoxy) is 1. The third-order valence-electron chi connectivity index (χ3n) is 3.25. The predicted octanol–water partition coefficient (Wildman–Crippen LogP) is 1.32. The number of aryl methyl sites for hydroxylation is 1. The van der Waals surface area contributed by atoms with Crippen LogP contribution in [0, 0.1) is 12.8 Å². The minimum atomic E-state index is 0.181. The number of aromatic nitrogens is 1. The maximum Gasteiger partial charge on any atom is 0.0495 e. The number of rotatable bonds is 4. The van der Waals surface area contributed by atoms with Crippen LogP contribution >= 0.6 is 0 Å². The molecular formula is C12H19N3O. The van der Waals surface area contributed by atoms with Crippen molar-refractivity contribution >= 4 is 0 Å². The summed E-state index contributed by atoms with van der Waals surface area (Å²) in [7, 11) is 0. The van der Waals surface area contributed by atoms with Gasteiger partial charge < -0.3 is 4.74 Å². The lowest BCUT2D eigenvalue weighted by molar-refractivity contribution is 0.181. The number of hydrogen-bond donors (Lipinski definition) is 2. The van der Waals surface area contributed by atoms with Gasteiger partial charge in [0.25, 0.3) is 0 Å². The fraction of sp³-hybridized carbons (Fsp3) is 0.583. The summed E-state index contributed by atoms with van der Waals surface area (Å²) in [6.07, 6.45) is 5.86. The Hall–Kier alpha value is -0.970. The van der Waals surface area contributed by atoms with E-state index in [0.29, 0.717) is 5.92 Å². The molecule has 0 bridgehead atoms. The molecule has 1 fully saturated rings. The first-order valence-electron chi connectivity index (χ1n) is 5.75. The Bertz CT molecular complexity index is 337. The van der Waals surface area contributed by atoms with E-state index in [2.05, 4.69) is 17.3 Å². The van der Waals surface area contributed by atoms with Crippen LogP contribution in [0.3, 0.4) is 0 Å². The van der Waals surface area contributed by atoms with Crippen molar-refractivity contribution in [3.05, 3.63) is 29.6 Å². The van der Waals surface area contributed by atoms with Crippen molar-refractivity contribution in [3.8, 4) is 0 Å². The van der Waals surface area contributed by atoms with E-state index in [4.69, 9.17) is 10.6 Å². The Morgan fingerprint density at radius 3 is 3.19 bits per heavy atom. The number of pyridine rings is 1. The Kier molecular flexibility index (Phi) is 3.88. The van der Waals surface area contributed by atoms with Gasteiger partial charge in [-0.15, -0.1) is 0 Å². The van der Waals surface area contributed by atoms with Gasteiger partial charge in [0.05, 0.1) is 0 Å². The molecule has 3 N–H and O–H groups in total. The normalized spacial score (nSPS) is 22.2. The van der Waals surface area contributed by atoms with E-state index < -0.39 is 0 Å². The molecule has 4 nitrogen and oxygen atoms in total. The van der Waals surface area contributed by atoms with Crippen molar-refractivity contribution in [2.45, 2.75) is 25.8 Å². The van der Waals surface area contributed by atoms with Gasteiger partial charge in [-0.25, -0.2) is 0 Å². The van der Waals surface area contributed by atoms with Gasteiger partial charge in [0.2, 0.25) is 0 Å². The van der Waals surface area contributed by atoms with Crippen LogP contribution < -0.4 is 11.3 Å². The monoisotopic (exact) mass is 221 g/mol. The number of nitrogens with two attached hydrogens (primary N) is 1. The summed E-state index contributed by atoms with van der Waals surface area (Å²) in [5.41, 5.74) is 5.32. The van der Waals surface area contributed by atoms with Crippen LogP contribution in [0.4, 0.5) is 0 Å². The van der Waals surface area contributed by atoms with Crippen molar-refractivity contribution < 1.29 is 4.74 Å². The Labute approximate surface area is 96.2 Å². The SMILES string of the molecule is Cc1ccncc1C(CC1CCOC1)NN. The highest BCUT2D eigenvalue weighted by Crippen LogP contribution is 2.27. The third-order valence-corrected chi connectivity index (χ3v) is 3.25. The van der Waals surface area contributed by atoms with Crippen molar-refractivity contribution in [2.75, 3.05) is 13.2 Å². The molecule has 2 rings (SSSR count). The maximum absolute atomic E-state index is 5.63. The molecular weight excluding hydrogens is 202 g/mol. The number of hydrogen-bond acceptors (Lipinski definition) is 4. The highest BCUT2D eigenvalue weighted by Gasteiger charge is 2.22. The van der Waals surface area contributed by atoms with E-state index in [9.17, 15) is 0 Å². The van der Waals surface area contributed by atoms with Crippen LogP contribution in [0.1, 0.15) is 30.0 Å². The maximum atomic E-state index is 5.63. The lowest BCUT2D eigenvalue weighted by Gasteiger charge is -2.20. The van der Waals surface area contributed by atoms with Gasteiger partial charge >= 0.3 is 0 Å². The van der Waals surface area contributed by atoms with Crippen LogP contribution in [0.25, 0.3) is 0 Å². The summed E-state index contributed by atoms with van der Waals surface area (Å²) >= 11 is 0. The molecule has 0 aliphatic carbocycles. The van der Waals surface area contributed by atoms with E-state index >= 15 is 0 Å². The lowest BCUT2D eigenvalue weighted by atomic mass is 9.93. The van der Waals surface area contributed by atoms with Gasteiger partial charge in [-0.2, -0.15) is 0 Å². The Morgan fingerprint density at radius 1 is 1.69 bits per heavy atom. The molecule has 0 spiro atoms. The summed E-state index contributed by atoms with van der Waals surface area (Å²) < 4.78 is 5.38. The second kappa shape index (κ2) is 5.39. The van der Waals surface area contributed by atoms with Crippen LogP contribution in [0.5, 0.6) is 0 Å². The smallest absolute Gasteiger partial charge is 0.0495 e. The number of nitrogens with zero attached hydrogens (tertiary/aromatic N) is 1. The molecule has 4 heteroatoms. The van der Waals surface area contributed by atoms with Crippen LogP contribution in [0.2, 0.25) is 0 Å². The first kappa shape index (κ1) is 11.5. The fourth-order valence-corrected chi connectivity index (χ4v) is 2.23. The average Bonchev–Trinajstić information content (AvgIpc) is 2.80. The lowest BCUT2D eigenvalue weighted by Crippen LogP contribution is -2.30. The molecule has 16 heavy (non-hydrogen) atoms. The summed E-state index contributed by atoms with van der Waals surface area (Å²) in [4.78, 5) is 4.16. The first-order valence-corrected chi connectivity index (χ1v) is 5.75. The second-order valence-electron chi connectivity index (χ2n) is 4.42. The molecule has 0 saturated carbocycles. The molecule has 1 saturated heterocycles. The van der Waals surface area contributed by atoms with Crippen molar-refractivity contribution in [1.29, 1.82) is 0 Å². The fourth-order valence-electron chi connectivity index (χ4n) is 2.23. The van der Waals surface area contributed by atoms with E-state index in [1.165, 1.54) is 11.1 Å². The highest BCUT2D eigenvalue weighted by atomic mass is 16.5. The Balaban J connectivity index is 2.06. The average molecular weight is 221 g/mol. The standard InChI is InChI=1S/C12H19N3O/c1-9-2-4-14-7-11(9)12(15-13)6-10-3-5-16-8-10/h2,4,7,10,12,15H,3,5-6,8,13H2,1H3. The zero-order valence-electron chi connectivity index (χ0n) is 9.65. The zero-order valence-corrected chi connectivity index (χ0v) is 9.65. The molecule has 2 atom stereocenters. The molecule has 0 amide bonds. The minimum absolute atomic E-state index is 0.181. The highest BCUT2D eigenvalue weighted by molar-refractivity contribution is 5.24. The van der Waals surface area contributed by atoms with Crippen molar-refractivity contribution in [3.63, 3.8) is 0 Å². The van der Waals surface area contributed by atoms with E-state index in [-0.39, 0.29) is 6.04 Å². The first-order chi connectivity index (χ1) is 7.81. The summed E-state index contributed by atoms with van der Waals surface area (Å²) in [5, 5.41) is 0. The number of nitrogens with one attached hydrogen (secondary N) is 1. The molecule has 2 unspecified atom stereocenters. The molecule has 1 aromatic heterocycles. The number of hydrazine groups is 1. The van der Waals surface area contributed by atoms with Gasteiger partial charge in [-0.3, -0.25) is 16.3 Å². The molecule has 1 aliphatic heterocycles.